The van der Waals surface area contributed by atoms with Gasteiger partial charge in [0.05, 0.1) is 18.3 Å². The number of halogens is 1. The average Bonchev–Trinajstić information content (AvgIpc) is 3.04. The summed E-state index contributed by atoms with van der Waals surface area (Å²) in [6.07, 6.45) is 3.27. The molecule has 5 heteroatoms. The van der Waals surface area contributed by atoms with E-state index in [1.165, 1.54) is 11.1 Å². The van der Waals surface area contributed by atoms with E-state index in [2.05, 4.69) is 16.0 Å². The van der Waals surface area contributed by atoms with Crippen molar-refractivity contribution in [3.05, 3.63) is 76.1 Å². The molecule has 1 N–H and O–H groups in total. The highest BCUT2D eigenvalue weighted by Crippen LogP contribution is 2.33. The number of carbonyl (C=O) groups is 1. The molecule has 0 bridgehead atoms. The fourth-order valence-corrected chi connectivity index (χ4v) is 3.58. The van der Waals surface area contributed by atoms with E-state index in [1.807, 2.05) is 36.4 Å². The highest BCUT2D eigenvalue weighted by Gasteiger charge is 2.16. The molecule has 4 nitrogen and oxygen atoms in total. The molecule has 26 heavy (non-hydrogen) atoms. The molecular weight excluding hydrogens is 348 g/mol. The number of carbonyl (C=O) groups excluding carboxylic acids is 1. The lowest BCUT2D eigenvalue weighted by Crippen LogP contribution is -1.99. The Morgan fingerprint density at radius 1 is 1.12 bits per heavy atom. The Morgan fingerprint density at radius 3 is 2.65 bits per heavy atom. The van der Waals surface area contributed by atoms with E-state index in [0.29, 0.717) is 12.3 Å². The first kappa shape index (κ1) is 16.8. The van der Waals surface area contributed by atoms with Crippen LogP contribution in [0.1, 0.15) is 27.2 Å². The Hall–Kier alpha value is -2.69. The van der Waals surface area contributed by atoms with Crippen molar-refractivity contribution in [3.8, 4) is 0 Å². The third-order valence-corrected chi connectivity index (χ3v) is 4.84. The van der Waals surface area contributed by atoms with Gasteiger partial charge >= 0.3 is 0 Å². The monoisotopic (exact) mass is 364 g/mol. The van der Waals surface area contributed by atoms with E-state index < -0.39 is 0 Å². The summed E-state index contributed by atoms with van der Waals surface area (Å²) in [6.45, 7) is 0.334. The van der Waals surface area contributed by atoms with E-state index in [4.69, 9.17) is 16.3 Å². The molecular formula is C21H17ClN2O2. The molecule has 0 aliphatic rings. The van der Waals surface area contributed by atoms with Gasteiger partial charge in [-0.15, -0.1) is 0 Å². The molecule has 0 radical (unpaired) electrons. The number of fused-ring (bicyclic) bond motifs is 3. The molecule has 2 aromatic carbocycles. The Balaban J connectivity index is 1.97. The summed E-state index contributed by atoms with van der Waals surface area (Å²) >= 11 is 6.00. The zero-order valence-electron chi connectivity index (χ0n) is 14.3. The number of aromatic nitrogens is 2. The highest BCUT2D eigenvalue weighted by molar-refractivity contribution is 6.30. The normalized spacial score (nSPS) is 11.3. The topological polar surface area (TPSA) is 55.0 Å². The minimum absolute atomic E-state index is 0.334. The van der Waals surface area contributed by atoms with Crippen molar-refractivity contribution in [1.29, 1.82) is 0 Å². The number of benzene rings is 2. The molecule has 0 amide bonds. The van der Waals surface area contributed by atoms with Gasteiger partial charge in [-0.3, -0.25) is 9.78 Å². The smallest absolute Gasteiger partial charge is 0.168 e. The number of pyridine rings is 1. The predicted octanol–water partition coefficient (Wildman–Crippen LogP) is 4.92. The number of methoxy groups -OCH3 is 1. The van der Waals surface area contributed by atoms with E-state index in [9.17, 15) is 4.79 Å². The zero-order valence-corrected chi connectivity index (χ0v) is 15.0. The largest absolute Gasteiger partial charge is 0.380 e. The molecule has 4 aromatic rings. The summed E-state index contributed by atoms with van der Waals surface area (Å²) in [5.41, 5.74) is 5.51. The number of aromatic amines is 1. The lowest BCUT2D eigenvalue weighted by Gasteiger charge is -2.09. The number of hydrogen-bond donors (Lipinski definition) is 1. The number of rotatable bonds is 5. The third kappa shape index (κ3) is 2.87. The third-order valence-electron chi connectivity index (χ3n) is 4.59. The van der Waals surface area contributed by atoms with E-state index in [-0.39, 0.29) is 0 Å². The van der Waals surface area contributed by atoms with Crippen LogP contribution < -0.4 is 0 Å². The lowest BCUT2D eigenvalue weighted by molar-refractivity contribution is 0.111. The van der Waals surface area contributed by atoms with Crippen LogP contribution in [0.4, 0.5) is 0 Å². The standard InChI is InChI=1S/C21H17ClN2O2/c1-26-12-16-19(11-25)23-10-18-21(16)20-14(3-2-4-17(20)24-18)9-13-5-7-15(22)8-6-13/h2-8,10-11,24H,9,12H2,1H3. The second-order valence-corrected chi connectivity index (χ2v) is 6.67. The maximum absolute atomic E-state index is 11.5. The van der Waals surface area contributed by atoms with E-state index in [0.717, 1.165) is 45.1 Å². The van der Waals surface area contributed by atoms with Gasteiger partial charge < -0.3 is 9.72 Å². The molecule has 2 aromatic heterocycles. The van der Waals surface area contributed by atoms with Crippen LogP contribution in [0.2, 0.25) is 5.02 Å². The van der Waals surface area contributed by atoms with Gasteiger partial charge in [-0.1, -0.05) is 35.9 Å². The fraction of sp³-hybridized carbons (Fsp3) is 0.143. The van der Waals surface area contributed by atoms with Crippen LogP contribution in [0, 0.1) is 0 Å². The average molecular weight is 365 g/mol. The molecule has 0 atom stereocenters. The molecule has 0 spiro atoms. The van der Waals surface area contributed by atoms with Crippen molar-refractivity contribution in [3.63, 3.8) is 0 Å². The molecule has 0 fully saturated rings. The van der Waals surface area contributed by atoms with E-state index in [1.54, 1.807) is 13.3 Å². The summed E-state index contributed by atoms with van der Waals surface area (Å²) in [5.74, 6) is 0. The molecule has 0 aliphatic heterocycles. The van der Waals surface area contributed by atoms with Crippen LogP contribution in [0.3, 0.4) is 0 Å². The SMILES string of the molecule is COCc1c(C=O)ncc2[nH]c3cccc(Cc4ccc(Cl)cc4)c3c12. The van der Waals surface area contributed by atoms with Crippen molar-refractivity contribution in [2.24, 2.45) is 0 Å². The quantitative estimate of drug-likeness (QED) is 0.511. The van der Waals surface area contributed by atoms with Crippen LogP contribution in [0.5, 0.6) is 0 Å². The first-order chi connectivity index (χ1) is 12.7. The van der Waals surface area contributed by atoms with Crippen LogP contribution in [0.15, 0.2) is 48.7 Å². The van der Waals surface area contributed by atoms with Crippen LogP contribution >= 0.6 is 11.6 Å². The lowest BCUT2D eigenvalue weighted by atomic mass is 9.97. The number of H-pyrrole nitrogens is 1. The van der Waals surface area contributed by atoms with Gasteiger partial charge in [0, 0.05) is 34.0 Å². The number of hydrogen-bond acceptors (Lipinski definition) is 3. The van der Waals surface area contributed by atoms with Gasteiger partial charge in [0.25, 0.3) is 0 Å². The van der Waals surface area contributed by atoms with Crippen LogP contribution in [0.25, 0.3) is 21.8 Å². The summed E-state index contributed by atoms with van der Waals surface area (Å²) < 4.78 is 5.34. The second kappa shape index (κ2) is 6.90. The molecule has 0 saturated heterocycles. The van der Waals surface area contributed by atoms with Crippen molar-refractivity contribution in [2.45, 2.75) is 13.0 Å². The summed E-state index contributed by atoms with van der Waals surface area (Å²) in [5, 5.41) is 2.83. The minimum atomic E-state index is 0.334. The number of aldehydes is 1. The Bertz CT molecular complexity index is 1100. The fourth-order valence-electron chi connectivity index (χ4n) is 3.45. The predicted molar refractivity (Wildman–Crippen MR) is 104 cm³/mol. The molecule has 0 aliphatic carbocycles. The van der Waals surface area contributed by atoms with Crippen molar-refractivity contribution >= 4 is 39.7 Å². The van der Waals surface area contributed by atoms with Crippen molar-refractivity contribution in [1.82, 2.24) is 9.97 Å². The Kier molecular flexibility index (Phi) is 4.45. The Labute approximate surface area is 155 Å². The van der Waals surface area contributed by atoms with Gasteiger partial charge in [0.2, 0.25) is 0 Å². The maximum atomic E-state index is 11.5. The molecule has 130 valence electrons. The molecule has 0 unspecified atom stereocenters. The zero-order chi connectivity index (χ0) is 18.1. The van der Waals surface area contributed by atoms with E-state index >= 15 is 0 Å². The summed E-state index contributed by atoms with van der Waals surface area (Å²) in [6, 6.07) is 14.1. The van der Waals surface area contributed by atoms with Gasteiger partial charge in [-0.25, -0.2) is 0 Å². The van der Waals surface area contributed by atoms with Gasteiger partial charge in [-0.2, -0.15) is 0 Å². The number of nitrogens with one attached hydrogen (secondary N) is 1. The first-order valence-electron chi connectivity index (χ1n) is 8.31. The van der Waals surface area contributed by atoms with Crippen molar-refractivity contribution < 1.29 is 9.53 Å². The van der Waals surface area contributed by atoms with Gasteiger partial charge in [0.15, 0.2) is 6.29 Å². The summed E-state index contributed by atoms with van der Waals surface area (Å²) in [7, 11) is 1.62. The Morgan fingerprint density at radius 2 is 1.92 bits per heavy atom. The van der Waals surface area contributed by atoms with Gasteiger partial charge in [0.1, 0.15) is 5.69 Å². The maximum Gasteiger partial charge on any atom is 0.168 e. The summed E-state index contributed by atoms with van der Waals surface area (Å²) in [4.78, 5) is 19.1. The molecule has 2 heterocycles. The van der Waals surface area contributed by atoms with Gasteiger partial charge in [-0.05, 0) is 35.7 Å². The molecule has 0 saturated carbocycles. The number of nitrogens with zero attached hydrogens (tertiary/aromatic N) is 1. The highest BCUT2D eigenvalue weighted by atomic mass is 35.5. The van der Waals surface area contributed by atoms with Crippen LogP contribution in [-0.4, -0.2) is 23.4 Å². The number of ether oxygens (including phenoxy) is 1. The first-order valence-corrected chi connectivity index (χ1v) is 8.68. The molecule has 4 rings (SSSR count). The second-order valence-electron chi connectivity index (χ2n) is 6.23. The van der Waals surface area contributed by atoms with Crippen molar-refractivity contribution in [2.75, 3.05) is 7.11 Å². The van der Waals surface area contributed by atoms with Crippen LogP contribution in [-0.2, 0) is 17.8 Å². The minimum Gasteiger partial charge on any atom is -0.380 e.